The van der Waals surface area contributed by atoms with E-state index in [1.165, 1.54) is 0 Å². The average Bonchev–Trinajstić information content (AvgIpc) is 2.02. The Morgan fingerprint density at radius 2 is 2.14 bits per heavy atom. The van der Waals surface area contributed by atoms with Crippen LogP contribution in [0, 0.1) is 6.92 Å². The number of hydrogen-bond acceptors (Lipinski definition) is 2. The van der Waals surface area contributed by atoms with Crippen LogP contribution in [-0.2, 0) is 4.79 Å². The smallest absolute Gasteiger partial charge is 0.240 e. The van der Waals surface area contributed by atoms with Crippen LogP contribution >= 0.6 is 15.9 Å². The summed E-state index contributed by atoms with van der Waals surface area (Å²) in [4.78, 5) is 15.5. The largest absolute Gasteiger partial charge is 0.324 e. The molecule has 1 amide bonds. The number of carbonyl (C=O) groups excluding carboxylic acids is 1. The van der Waals surface area contributed by atoms with Crippen LogP contribution in [0.1, 0.15) is 19.4 Å². The number of hydrogen-bond donors (Lipinski definition) is 1. The van der Waals surface area contributed by atoms with E-state index in [1.54, 1.807) is 26.2 Å². The Hall–Kier alpha value is -0.900. The molecule has 1 N–H and O–H groups in total. The molecule has 0 aliphatic rings. The molecule has 0 atom stereocenters. The SMILES string of the molecule is Cc1cncc(NC(=O)C(C)(C)Br)c1. The van der Waals surface area contributed by atoms with Gasteiger partial charge in [-0.15, -0.1) is 0 Å². The van der Waals surface area contributed by atoms with Crippen molar-refractivity contribution >= 4 is 27.5 Å². The van der Waals surface area contributed by atoms with Crippen molar-refractivity contribution in [2.75, 3.05) is 5.32 Å². The van der Waals surface area contributed by atoms with Gasteiger partial charge >= 0.3 is 0 Å². The van der Waals surface area contributed by atoms with Crippen molar-refractivity contribution in [3.8, 4) is 0 Å². The van der Waals surface area contributed by atoms with Gasteiger partial charge in [0.15, 0.2) is 0 Å². The quantitative estimate of drug-likeness (QED) is 0.827. The fraction of sp³-hybridized carbons (Fsp3) is 0.400. The molecule has 0 bridgehead atoms. The number of aryl methyl sites for hydroxylation is 1. The highest BCUT2D eigenvalue weighted by Gasteiger charge is 2.23. The van der Waals surface area contributed by atoms with Crippen LogP contribution in [0.25, 0.3) is 0 Å². The van der Waals surface area contributed by atoms with Gasteiger partial charge in [0.05, 0.1) is 16.2 Å². The van der Waals surface area contributed by atoms with Gasteiger partial charge in [-0.1, -0.05) is 15.9 Å². The van der Waals surface area contributed by atoms with E-state index in [4.69, 9.17) is 0 Å². The molecule has 1 aromatic rings. The summed E-state index contributed by atoms with van der Waals surface area (Å²) in [6, 6.07) is 1.88. The topological polar surface area (TPSA) is 42.0 Å². The molecule has 0 saturated heterocycles. The Morgan fingerprint density at radius 1 is 1.50 bits per heavy atom. The Morgan fingerprint density at radius 3 is 2.64 bits per heavy atom. The molecule has 14 heavy (non-hydrogen) atoms. The second-order valence-corrected chi connectivity index (χ2v) is 5.66. The Kier molecular flexibility index (Phi) is 3.26. The lowest BCUT2D eigenvalue weighted by molar-refractivity contribution is -0.117. The fourth-order valence-electron chi connectivity index (χ4n) is 0.903. The van der Waals surface area contributed by atoms with E-state index in [2.05, 4.69) is 26.2 Å². The van der Waals surface area contributed by atoms with Crippen molar-refractivity contribution in [1.29, 1.82) is 0 Å². The number of alkyl halides is 1. The second-order valence-electron chi connectivity index (χ2n) is 3.68. The third-order valence-corrected chi connectivity index (χ3v) is 2.03. The molecule has 1 heterocycles. The summed E-state index contributed by atoms with van der Waals surface area (Å²) in [6.45, 7) is 5.53. The number of halogens is 1. The maximum absolute atomic E-state index is 11.6. The normalized spacial score (nSPS) is 11.1. The summed E-state index contributed by atoms with van der Waals surface area (Å²) in [5.41, 5.74) is 1.75. The van der Waals surface area contributed by atoms with Gasteiger partial charge in [0.2, 0.25) is 5.91 Å². The summed E-state index contributed by atoms with van der Waals surface area (Å²) in [6.07, 6.45) is 3.37. The average molecular weight is 257 g/mol. The van der Waals surface area contributed by atoms with Gasteiger partial charge in [-0.3, -0.25) is 9.78 Å². The first-order valence-corrected chi connectivity index (χ1v) is 5.11. The predicted molar refractivity (Wildman–Crippen MR) is 60.6 cm³/mol. The molecule has 1 rings (SSSR count). The molecule has 0 aliphatic carbocycles. The minimum atomic E-state index is -0.559. The van der Waals surface area contributed by atoms with Crippen LogP contribution in [-0.4, -0.2) is 15.2 Å². The molecule has 3 nitrogen and oxygen atoms in total. The molecule has 0 unspecified atom stereocenters. The standard InChI is InChI=1S/C10H13BrN2O/c1-7-4-8(6-12-5-7)13-9(14)10(2,3)11/h4-6H,1-3H3,(H,13,14). The molecule has 0 fully saturated rings. The Labute approximate surface area is 92.1 Å². The van der Waals surface area contributed by atoms with E-state index in [9.17, 15) is 4.79 Å². The van der Waals surface area contributed by atoms with E-state index in [0.29, 0.717) is 0 Å². The van der Waals surface area contributed by atoms with Gasteiger partial charge in [0.25, 0.3) is 0 Å². The van der Waals surface area contributed by atoms with E-state index < -0.39 is 4.32 Å². The molecule has 0 saturated carbocycles. The monoisotopic (exact) mass is 256 g/mol. The van der Waals surface area contributed by atoms with E-state index in [1.807, 2.05) is 13.0 Å². The van der Waals surface area contributed by atoms with E-state index in [0.717, 1.165) is 11.3 Å². The van der Waals surface area contributed by atoms with Crippen LogP contribution in [0.4, 0.5) is 5.69 Å². The summed E-state index contributed by atoms with van der Waals surface area (Å²) in [7, 11) is 0. The first kappa shape index (κ1) is 11.2. The number of amides is 1. The minimum absolute atomic E-state index is 0.0788. The first-order chi connectivity index (χ1) is 6.39. The molecule has 76 valence electrons. The zero-order chi connectivity index (χ0) is 10.8. The fourth-order valence-corrected chi connectivity index (χ4v) is 1.00. The summed E-state index contributed by atoms with van der Waals surface area (Å²) < 4.78 is -0.559. The van der Waals surface area contributed by atoms with Gasteiger partial charge in [0.1, 0.15) is 0 Å². The maximum atomic E-state index is 11.6. The Balaban J connectivity index is 2.75. The molecular weight excluding hydrogens is 244 g/mol. The summed E-state index contributed by atoms with van der Waals surface area (Å²) in [5, 5.41) is 2.77. The number of nitrogens with zero attached hydrogens (tertiary/aromatic N) is 1. The van der Waals surface area contributed by atoms with Crippen molar-refractivity contribution in [2.24, 2.45) is 0 Å². The van der Waals surface area contributed by atoms with Gasteiger partial charge < -0.3 is 5.32 Å². The molecule has 0 aromatic carbocycles. The zero-order valence-electron chi connectivity index (χ0n) is 8.47. The number of carbonyl (C=O) groups is 1. The van der Waals surface area contributed by atoms with Gasteiger partial charge in [0, 0.05) is 6.20 Å². The number of aromatic nitrogens is 1. The van der Waals surface area contributed by atoms with Gasteiger partial charge in [-0.25, -0.2) is 0 Å². The first-order valence-electron chi connectivity index (χ1n) is 4.31. The highest BCUT2D eigenvalue weighted by molar-refractivity contribution is 9.10. The maximum Gasteiger partial charge on any atom is 0.240 e. The third kappa shape index (κ3) is 3.10. The third-order valence-electron chi connectivity index (χ3n) is 1.67. The van der Waals surface area contributed by atoms with E-state index >= 15 is 0 Å². The molecule has 4 heteroatoms. The van der Waals surface area contributed by atoms with Crippen LogP contribution in [0.5, 0.6) is 0 Å². The van der Waals surface area contributed by atoms with Crippen molar-refractivity contribution in [3.05, 3.63) is 24.0 Å². The van der Waals surface area contributed by atoms with Crippen LogP contribution in [0.2, 0.25) is 0 Å². The van der Waals surface area contributed by atoms with Crippen molar-refractivity contribution < 1.29 is 4.79 Å². The van der Waals surface area contributed by atoms with Gasteiger partial charge in [-0.05, 0) is 32.4 Å². The molecule has 0 radical (unpaired) electrons. The molecule has 1 aromatic heterocycles. The highest BCUT2D eigenvalue weighted by atomic mass is 79.9. The van der Waals surface area contributed by atoms with Crippen LogP contribution in [0.15, 0.2) is 18.5 Å². The molecule has 0 spiro atoms. The van der Waals surface area contributed by atoms with Crippen LogP contribution in [0.3, 0.4) is 0 Å². The van der Waals surface area contributed by atoms with Gasteiger partial charge in [-0.2, -0.15) is 0 Å². The lowest BCUT2D eigenvalue weighted by atomic mass is 10.2. The molecular formula is C10H13BrN2O. The summed E-state index contributed by atoms with van der Waals surface area (Å²) >= 11 is 3.29. The second kappa shape index (κ2) is 4.09. The lowest BCUT2D eigenvalue weighted by Crippen LogP contribution is -2.30. The molecule has 0 aliphatic heterocycles. The zero-order valence-corrected chi connectivity index (χ0v) is 10.1. The predicted octanol–water partition coefficient (Wildman–Crippen LogP) is 2.50. The number of pyridine rings is 1. The van der Waals surface area contributed by atoms with Crippen molar-refractivity contribution in [1.82, 2.24) is 4.98 Å². The Bertz CT molecular complexity index is 344. The van der Waals surface area contributed by atoms with Crippen molar-refractivity contribution in [2.45, 2.75) is 25.1 Å². The highest BCUT2D eigenvalue weighted by Crippen LogP contribution is 2.18. The summed E-state index contributed by atoms with van der Waals surface area (Å²) in [5.74, 6) is -0.0788. The number of nitrogens with one attached hydrogen (secondary N) is 1. The van der Waals surface area contributed by atoms with Crippen molar-refractivity contribution in [3.63, 3.8) is 0 Å². The van der Waals surface area contributed by atoms with Crippen LogP contribution < -0.4 is 5.32 Å². The lowest BCUT2D eigenvalue weighted by Gasteiger charge is -2.15. The number of rotatable bonds is 2. The number of anilines is 1. The minimum Gasteiger partial charge on any atom is -0.324 e. The van der Waals surface area contributed by atoms with E-state index in [-0.39, 0.29) is 5.91 Å².